The van der Waals surface area contributed by atoms with Gasteiger partial charge in [-0.15, -0.1) is 0 Å². The van der Waals surface area contributed by atoms with Crippen LogP contribution in [0.2, 0.25) is 0 Å². The van der Waals surface area contributed by atoms with Crippen LogP contribution in [0.4, 0.5) is 11.4 Å². The molecule has 1 aromatic rings. The lowest BCUT2D eigenvalue weighted by Crippen LogP contribution is -2.25. The summed E-state index contributed by atoms with van der Waals surface area (Å²) in [5.41, 5.74) is 1.19. The molecule has 1 N–H and O–H groups in total. The van der Waals surface area contributed by atoms with Crippen molar-refractivity contribution in [3.63, 3.8) is 0 Å². The van der Waals surface area contributed by atoms with Gasteiger partial charge in [-0.1, -0.05) is 13.8 Å². The molecule has 2 amide bonds. The molecule has 0 aromatic heterocycles. The summed E-state index contributed by atoms with van der Waals surface area (Å²) in [6.45, 7) is 3.71. The van der Waals surface area contributed by atoms with E-state index in [1.165, 1.54) is 7.11 Å². The van der Waals surface area contributed by atoms with E-state index in [1.807, 2.05) is 0 Å². The van der Waals surface area contributed by atoms with Gasteiger partial charge in [-0.2, -0.15) is 0 Å². The van der Waals surface area contributed by atoms with Crippen LogP contribution in [-0.2, 0) is 19.1 Å². The third-order valence-corrected chi connectivity index (χ3v) is 3.64. The molecular formula is C17H22N2O5. The highest BCUT2D eigenvalue weighted by Gasteiger charge is 2.24. The van der Waals surface area contributed by atoms with Crippen LogP contribution >= 0.6 is 0 Å². The zero-order chi connectivity index (χ0) is 17.7. The number of methoxy groups -OCH3 is 1. The summed E-state index contributed by atoms with van der Waals surface area (Å²) in [5, 5.41) is 2.64. The van der Waals surface area contributed by atoms with Crippen molar-refractivity contribution in [2.75, 3.05) is 30.5 Å². The Kier molecular flexibility index (Phi) is 5.78. The number of amides is 2. The van der Waals surface area contributed by atoms with Crippen LogP contribution in [0.25, 0.3) is 0 Å². The summed E-state index contributed by atoms with van der Waals surface area (Å²) in [7, 11) is 1.51. The first-order chi connectivity index (χ1) is 11.4. The topological polar surface area (TPSA) is 84.9 Å². The summed E-state index contributed by atoms with van der Waals surface area (Å²) in [5.74, 6) is -0.579. The Morgan fingerprint density at radius 2 is 2.08 bits per heavy atom. The molecule has 1 heterocycles. The molecule has 0 spiro atoms. The molecule has 0 radical (unpaired) electrons. The van der Waals surface area contributed by atoms with Crippen molar-refractivity contribution in [3.05, 3.63) is 18.2 Å². The summed E-state index contributed by atoms with van der Waals surface area (Å²) in [6.07, 6.45) is 1.35. The van der Waals surface area contributed by atoms with Gasteiger partial charge in [0.2, 0.25) is 5.91 Å². The van der Waals surface area contributed by atoms with E-state index in [9.17, 15) is 14.4 Å². The van der Waals surface area contributed by atoms with Crippen molar-refractivity contribution in [2.45, 2.75) is 26.7 Å². The first-order valence-corrected chi connectivity index (χ1v) is 7.87. The molecule has 130 valence electrons. The third kappa shape index (κ3) is 4.24. The molecule has 1 saturated heterocycles. The molecule has 0 aliphatic carbocycles. The molecule has 1 fully saturated rings. The normalized spacial score (nSPS) is 14.0. The van der Waals surface area contributed by atoms with Crippen LogP contribution in [0.1, 0.15) is 26.7 Å². The number of esters is 1. The lowest BCUT2D eigenvalue weighted by molar-refractivity contribution is -0.150. The van der Waals surface area contributed by atoms with E-state index < -0.39 is 11.9 Å². The molecule has 2 rings (SSSR count). The van der Waals surface area contributed by atoms with Gasteiger partial charge in [-0.25, -0.2) is 0 Å². The SMILES string of the molecule is COc1cc(NC(=O)COC(=O)C(C)C)ccc1N1CCCC1=O. The third-order valence-electron chi connectivity index (χ3n) is 3.64. The fourth-order valence-electron chi connectivity index (χ4n) is 2.38. The van der Waals surface area contributed by atoms with Crippen molar-refractivity contribution < 1.29 is 23.9 Å². The Morgan fingerprint density at radius 3 is 2.67 bits per heavy atom. The number of rotatable bonds is 6. The molecule has 24 heavy (non-hydrogen) atoms. The highest BCUT2D eigenvalue weighted by molar-refractivity contribution is 5.98. The fourth-order valence-corrected chi connectivity index (χ4v) is 2.38. The summed E-state index contributed by atoms with van der Waals surface area (Å²) < 4.78 is 10.2. The van der Waals surface area contributed by atoms with Crippen molar-refractivity contribution >= 4 is 29.2 Å². The van der Waals surface area contributed by atoms with Crippen molar-refractivity contribution in [2.24, 2.45) is 5.92 Å². The zero-order valence-corrected chi connectivity index (χ0v) is 14.1. The smallest absolute Gasteiger partial charge is 0.308 e. The van der Waals surface area contributed by atoms with Crippen LogP contribution in [0.3, 0.4) is 0 Å². The fraction of sp³-hybridized carbons (Fsp3) is 0.471. The number of carbonyl (C=O) groups excluding carboxylic acids is 3. The van der Waals surface area contributed by atoms with Crippen molar-refractivity contribution in [1.29, 1.82) is 0 Å². The van der Waals surface area contributed by atoms with Crippen LogP contribution in [0.15, 0.2) is 18.2 Å². The summed E-state index contributed by atoms with van der Waals surface area (Å²) in [4.78, 5) is 36.7. The molecule has 1 aliphatic heterocycles. The van der Waals surface area contributed by atoms with E-state index in [1.54, 1.807) is 36.9 Å². The van der Waals surface area contributed by atoms with Crippen LogP contribution in [0, 0.1) is 5.92 Å². The van der Waals surface area contributed by atoms with Gasteiger partial charge in [0.15, 0.2) is 6.61 Å². The van der Waals surface area contributed by atoms with Gasteiger partial charge >= 0.3 is 5.97 Å². The van der Waals surface area contributed by atoms with E-state index in [2.05, 4.69) is 5.32 Å². The highest BCUT2D eigenvalue weighted by Crippen LogP contribution is 2.33. The first-order valence-electron chi connectivity index (χ1n) is 7.87. The van der Waals surface area contributed by atoms with Crippen LogP contribution in [0.5, 0.6) is 5.75 Å². The Hall–Kier alpha value is -2.57. The standard InChI is InChI=1S/C17H22N2O5/c1-11(2)17(22)24-10-15(20)18-12-6-7-13(14(9-12)23-3)19-8-4-5-16(19)21/h6-7,9,11H,4-5,8,10H2,1-3H3,(H,18,20). The van der Waals surface area contributed by atoms with Gasteiger partial charge in [0.25, 0.3) is 5.91 Å². The number of hydrogen-bond donors (Lipinski definition) is 1. The predicted molar refractivity (Wildman–Crippen MR) is 89.0 cm³/mol. The maximum absolute atomic E-state index is 11.9. The Labute approximate surface area is 140 Å². The summed E-state index contributed by atoms with van der Waals surface area (Å²) in [6, 6.07) is 5.06. The second-order valence-corrected chi connectivity index (χ2v) is 5.85. The number of nitrogens with zero attached hydrogens (tertiary/aromatic N) is 1. The molecule has 7 nitrogen and oxygen atoms in total. The van der Waals surface area contributed by atoms with Crippen molar-refractivity contribution in [1.82, 2.24) is 0 Å². The minimum atomic E-state index is -0.434. The number of carbonyl (C=O) groups is 3. The first kappa shape index (κ1) is 17.8. The van der Waals surface area contributed by atoms with Crippen LogP contribution < -0.4 is 15.0 Å². The Bertz CT molecular complexity index is 642. The molecule has 0 bridgehead atoms. The van der Waals surface area contributed by atoms with Gasteiger partial charge in [-0.3, -0.25) is 14.4 Å². The molecule has 7 heteroatoms. The highest BCUT2D eigenvalue weighted by atomic mass is 16.5. The zero-order valence-electron chi connectivity index (χ0n) is 14.1. The monoisotopic (exact) mass is 334 g/mol. The van der Waals surface area contributed by atoms with Gasteiger partial charge in [0, 0.05) is 24.7 Å². The summed E-state index contributed by atoms with van der Waals surface area (Å²) >= 11 is 0. The minimum Gasteiger partial charge on any atom is -0.494 e. The van der Waals surface area contributed by atoms with Gasteiger partial charge in [-0.05, 0) is 18.6 Å². The minimum absolute atomic E-state index is 0.0608. The van der Waals surface area contributed by atoms with E-state index >= 15 is 0 Å². The van der Waals surface area contributed by atoms with Gasteiger partial charge < -0.3 is 19.7 Å². The van der Waals surface area contributed by atoms with Gasteiger partial charge in [0.05, 0.1) is 18.7 Å². The predicted octanol–water partition coefficient (Wildman–Crippen LogP) is 1.96. The number of benzene rings is 1. The second-order valence-electron chi connectivity index (χ2n) is 5.85. The number of ether oxygens (including phenoxy) is 2. The molecule has 1 aliphatic rings. The Morgan fingerprint density at radius 1 is 1.33 bits per heavy atom. The molecule has 0 atom stereocenters. The molecule has 1 aromatic carbocycles. The maximum atomic E-state index is 11.9. The van der Waals surface area contributed by atoms with Crippen molar-refractivity contribution in [3.8, 4) is 5.75 Å². The largest absolute Gasteiger partial charge is 0.494 e. The molecule has 0 saturated carbocycles. The van der Waals surface area contributed by atoms with Crippen LogP contribution in [-0.4, -0.2) is 38.0 Å². The van der Waals surface area contributed by atoms with E-state index in [-0.39, 0.29) is 18.4 Å². The number of anilines is 2. The number of nitrogens with one attached hydrogen (secondary N) is 1. The second kappa shape index (κ2) is 7.81. The molecule has 0 unspecified atom stereocenters. The maximum Gasteiger partial charge on any atom is 0.308 e. The van der Waals surface area contributed by atoms with Gasteiger partial charge in [0.1, 0.15) is 5.75 Å². The van der Waals surface area contributed by atoms with E-state index in [0.717, 1.165) is 6.42 Å². The average molecular weight is 334 g/mol. The lowest BCUT2D eigenvalue weighted by Gasteiger charge is -2.19. The van der Waals surface area contributed by atoms with E-state index in [0.29, 0.717) is 30.1 Å². The Balaban J connectivity index is 2.02. The average Bonchev–Trinajstić information content (AvgIpc) is 2.98. The quantitative estimate of drug-likeness (QED) is 0.804. The lowest BCUT2D eigenvalue weighted by atomic mass is 10.2. The molecular weight excluding hydrogens is 312 g/mol. The number of hydrogen-bond acceptors (Lipinski definition) is 5. The van der Waals surface area contributed by atoms with E-state index in [4.69, 9.17) is 9.47 Å².